The van der Waals surface area contributed by atoms with Crippen LogP contribution < -0.4 is 15.8 Å². The van der Waals surface area contributed by atoms with E-state index in [1.807, 2.05) is 6.92 Å². The second kappa shape index (κ2) is 5.09. The lowest BCUT2D eigenvalue weighted by molar-refractivity contribution is -0.122. The first-order valence-electron chi connectivity index (χ1n) is 4.62. The maximum Gasteiger partial charge on any atom is 0.257 e. The largest absolute Gasteiger partial charge is 0.506 e. The summed E-state index contributed by atoms with van der Waals surface area (Å²) in [6, 6.07) is 4.64. The molecule has 0 aliphatic rings. The van der Waals surface area contributed by atoms with Gasteiger partial charge in [0.1, 0.15) is 17.2 Å². The van der Waals surface area contributed by atoms with E-state index < -0.39 is 0 Å². The molecule has 0 atom stereocenters. The van der Waals surface area contributed by atoms with Gasteiger partial charge in [-0.2, -0.15) is 0 Å². The number of hydrogen-bond donors (Lipinski definition) is 3. The SMILES string of the molecule is CCNC(=O)COc1cccc(O)c1N. The van der Waals surface area contributed by atoms with Gasteiger partial charge in [-0.25, -0.2) is 0 Å². The van der Waals surface area contributed by atoms with Gasteiger partial charge < -0.3 is 20.9 Å². The van der Waals surface area contributed by atoms with E-state index >= 15 is 0 Å². The third-order valence-corrected chi connectivity index (χ3v) is 1.78. The number of phenolic OH excluding ortho intramolecular Hbond substituents is 1. The molecular formula is C10H14N2O3. The highest BCUT2D eigenvalue weighted by molar-refractivity contribution is 5.77. The van der Waals surface area contributed by atoms with E-state index in [4.69, 9.17) is 10.5 Å². The number of likely N-dealkylation sites (N-methyl/N-ethyl adjacent to an activating group) is 1. The zero-order chi connectivity index (χ0) is 11.3. The molecule has 82 valence electrons. The van der Waals surface area contributed by atoms with Crippen molar-refractivity contribution >= 4 is 11.6 Å². The second-order valence-corrected chi connectivity index (χ2v) is 2.93. The summed E-state index contributed by atoms with van der Waals surface area (Å²) in [5.41, 5.74) is 5.68. The highest BCUT2D eigenvalue weighted by Crippen LogP contribution is 2.29. The monoisotopic (exact) mass is 210 g/mol. The molecule has 4 N–H and O–H groups in total. The van der Waals surface area contributed by atoms with Crippen LogP contribution >= 0.6 is 0 Å². The molecule has 0 aliphatic heterocycles. The van der Waals surface area contributed by atoms with Crippen LogP contribution in [0.5, 0.6) is 11.5 Å². The lowest BCUT2D eigenvalue weighted by Gasteiger charge is -2.09. The van der Waals surface area contributed by atoms with Crippen molar-refractivity contribution < 1.29 is 14.6 Å². The molecule has 1 amide bonds. The highest BCUT2D eigenvalue weighted by atomic mass is 16.5. The molecule has 5 heteroatoms. The Kier molecular flexibility index (Phi) is 3.79. The van der Waals surface area contributed by atoms with Crippen molar-refractivity contribution in [2.45, 2.75) is 6.92 Å². The van der Waals surface area contributed by atoms with E-state index in [1.165, 1.54) is 6.07 Å². The molecule has 0 radical (unpaired) electrons. The number of nitrogens with one attached hydrogen (secondary N) is 1. The highest BCUT2D eigenvalue weighted by Gasteiger charge is 2.06. The Bertz CT molecular complexity index is 353. The van der Waals surface area contributed by atoms with Crippen molar-refractivity contribution in [2.24, 2.45) is 0 Å². The average molecular weight is 210 g/mol. The molecule has 15 heavy (non-hydrogen) atoms. The van der Waals surface area contributed by atoms with Gasteiger partial charge in [0.05, 0.1) is 0 Å². The summed E-state index contributed by atoms with van der Waals surface area (Å²) in [4.78, 5) is 11.1. The van der Waals surface area contributed by atoms with Gasteiger partial charge in [0, 0.05) is 6.54 Å². The molecule has 0 fully saturated rings. The lowest BCUT2D eigenvalue weighted by atomic mass is 10.3. The smallest absolute Gasteiger partial charge is 0.257 e. The minimum atomic E-state index is -0.222. The summed E-state index contributed by atoms with van der Waals surface area (Å²) in [7, 11) is 0. The number of nitrogen functional groups attached to an aromatic ring is 1. The van der Waals surface area contributed by atoms with Crippen molar-refractivity contribution in [1.29, 1.82) is 0 Å². The van der Waals surface area contributed by atoms with Gasteiger partial charge in [-0.1, -0.05) is 6.07 Å². The van der Waals surface area contributed by atoms with Crippen LogP contribution in [0.3, 0.4) is 0 Å². The molecule has 0 bridgehead atoms. The fourth-order valence-corrected chi connectivity index (χ4v) is 1.05. The Morgan fingerprint density at radius 2 is 2.33 bits per heavy atom. The number of anilines is 1. The first-order chi connectivity index (χ1) is 7.15. The van der Waals surface area contributed by atoms with E-state index in [9.17, 15) is 9.90 Å². The van der Waals surface area contributed by atoms with E-state index in [0.29, 0.717) is 12.3 Å². The number of para-hydroxylation sites is 1. The van der Waals surface area contributed by atoms with E-state index in [1.54, 1.807) is 12.1 Å². The number of carbonyl (C=O) groups is 1. The van der Waals surface area contributed by atoms with Crippen LogP contribution in [-0.2, 0) is 4.79 Å². The Labute approximate surface area is 87.9 Å². The fourth-order valence-electron chi connectivity index (χ4n) is 1.05. The first kappa shape index (κ1) is 11.2. The maximum absolute atomic E-state index is 11.1. The van der Waals surface area contributed by atoms with Gasteiger partial charge >= 0.3 is 0 Å². The summed E-state index contributed by atoms with van der Waals surface area (Å²) >= 11 is 0. The summed E-state index contributed by atoms with van der Waals surface area (Å²) in [6.07, 6.45) is 0. The van der Waals surface area contributed by atoms with Crippen LogP contribution in [0.4, 0.5) is 5.69 Å². The number of hydrogen-bond acceptors (Lipinski definition) is 4. The summed E-state index contributed by atoms with van der Waals surface area (Å²) in [6.45, 7) is 2.26. The zero-order valence-electron chi connectivity index (χ0n) is 8.49. The number of nitrogens with two attached hydrogens (primary N) is 1. The number of ether oxygens (including phenoxy) is 1. The summed E-state index contributed by atoms with van der Waals surface area (Å²) < 4.78 is 5.13. The third kappa shape index (κ3) is 3.05. The molecular weight excluding hydrogens is 196 g/mol. The molecule has 0 spiro atoms. The summed E-state index contributed by atoms with van der Waals surface area (Å²) in [5.74, 6) is 0.0323. The standard InChI is InChI=1S/C10H14N2O3/c1-2-12-9(14)6-15-8-5-3-4-7(13)10(8)11/h3-5,13H,2,6,11H2,1H3,(H,12,14). The quantitative estimate of drug-likeness (QED) is 0.498. The molecule has 1 rings (SSSR count). The number of amides is 1. The van der Waals surface area contributed by atoms with Gasteiger partial charge in [-0.15, -0.1) is 0 Å². The molecule has 5 nitrogen and oxygen atoms in total. The summed E-state index contributed by atoms with van der Waals surface area (Å²) in [5, 5.41) is 11.8. The number of rotatable bonds is 4. The predicted octanol–water partition coefficient (Wildman–Crippen LogP) is 0.489. The molecule has 0 aromatic heterocycles. The van der Waals surface area contributed by atoms with Gasteiger partial charge in [-0.3, -0.25) is 4.79 Å². The number of phenols is 1. The second-order valence-electron chi connectivity index (χ2n) is 2.93. The molecule has 0 unspecified atom stereocenters. The van der Waals surface area contributed by atoms with Crippen molar-refractivity contribution in [1.82, 2.24) is 5.32 Å². The molecule has 1 aromatic carbocycles. The Balaban J connectivity index is 2.58. The Morgan fingerprint density at radius 3 is 3.00 bits per heavy atom. The van der Waals surface area contributed by atoms with Crippen LogP contribution in [0.25, 0.3) is 0 Å². The van der Waals surface area contributed by atoms with E-state index in [2.05, 4.69) is 5.32 Å². The maximum atomic E-state index is 11.1. The van der Waals surface area contributed by atoms with E-state index in [0.717, 1.165) is 0 Å². The minimum Gasteiger partial charge on any atom is -0.506 e. The van der Waals surface area contributed by atoms with Crippen molar-refractivity contribution in [3.63, 3.8) is 0 Å². The first-order valence-corrected chi connectivity index (χ1v) is 4.62. The molecule has 0 aliphatic carbocycles. The molecule has 0 saturated heterocycles. The van der Waals surface area contributed by atoms with Crippen LogP contribution in [-0.4, -0.2) is 24.2 Å². The Morgan fingerprint density at radius 1 is 1.60 bits per heavy atom. The van der Waals surface area contributed by atoms with Crippen molar-refractivity contribution in [3.8, 4) is 11.5 Å². The van der Waals surface area contributed by atoms with Gasteiger partial charge in [0.25, 0.3) is 5.91 Å². The van der Waals surface area contributed by atoms with Crippen LogP contribution in [0.2, 0.25) is 0 Å². The van der Waals surface area contributed by atoms with E-state index in [-0.39, 0.29) is 24.0 Å². The molecule has 0 heterocycles. The fraction of sp³-hybridized carbons (Fsp3) is 0.300. The number of aromatic hydroxyl groups is 1. The topological polar surface area (TPSA) is 84.6 Å². The van der Waals surface area contributed by atoms with Gasteiger partial charge in [-0.05, 0) is 19.1 Å². The zero-order valence-corrected chi connectivity index (χ0v) is 8.49. The molecule has 0 saturated carbocycles. The van der Waals surface area contributed by atoms with Crippen LogP contribution in [0.1, 0.15) is 6.92 Å². The Hall–Kier alpha value is -1.91. The minimum absolute atomic E-state index is 0.0524. The number of carbonyl (C=O) groups excluding carboxylic acids is 1. The van der Waals surface area contributed by atoms with Crippen molar-refractivity contribution in [3.05, 3.63) is 18.2 Å². The molecule has 1 aromatic rings. The third-order valence-electron chi connectivity index (χ3n) is 1.78. The number of benzene rings is 1. The van der Waals surface area contributed by atoms with Crippen LogP contribution in [0, 0.1) is 0 Å². The average Bonchev–Trinajstić information content (AvgIpc) is 2.21. The van der Waals surface area contributed by atoms with Gasteiger partial charge in [0.15, 0.2) is 6.61 Å². The predicted molar refractivity (Wildman–Crippen MR) is 56.7 cm³/mol. The van der Waals surface area contributed by atoms with Crippen molar-refractivity contribution in [2.75, 3.05) is 18.9 Å². The van der Waals surface area contributed by atoms with Gasteiger partial charge in [0.2, 0.25) is 0 Å². The normalized spacial score (nSPS) is 9.67. The lowest BCUT2D eigenvalue weighted by Crippen LogP contribution is -2.28. The van der Waals surface area contributed by atoms with Crippen LogP contribution in [0.15, 0.2) is 18.2 Å².